The van der Waals surface area contributed by atoms with Gasteiger partial charge in [-0.05, 0) is 29.2 Å². The van der Waals surface area contributed by atoms with Crippen molar-refractivity contribution in [3.63, 3.8) is 0 Å². The van der Waals surface area contributed by atoms with Crippen LogP contribution in [0.3, 0.4) is 0 Å². The Bertz CT molecular complexity index is 1080. The summed E-state index contributed by atoms with van der Waals surface area (Å²) in [7, 11) is 0. The first kappa shape index (κ1) is 15.2. The number of nitrogens with one attached hydrogen (secondary N) is 1. The van der Waals surface area contributed by atoms with Crippen LogP contribution in [0.4, 0.5) is 0 Å². The number of thiophene rings is 1. The number of rotatable bonds is 3. The van der Waals surface area contributed by atoms with E-state index in [9.17, 15) is 4.79 Å². The minimum absolute atomic E-state index is 0.212. The molecule has 0 fully saturated rings. The van der Waals surface area contributed by atoms with Gasteiger partial charge in [-0.3, -0.25) is 4.79 Å². The lowest BCUT2D eigenvalue weighted by Crippen LogP contribution is -2.09. The number of H-pyrrole nitrogens is 1. The molecule has 24 heavy (non-hydrogen) atoms. The lowest BCUT2D eigenvalue weighted by Gasteiger charge is -1.98. The number of hydrogen-bond acceptors (Lipinski definition) is 6. The van der Waals surface area contributed by atoms with Gasteiger partial charge in [0.05, 0.1) is 16.1 Å². The standard InChI is InChI=1S/C16H9ClN4OS2/c17-12(6-10-8-23-21-20-10)14-18-15(22)11-7-13(24-16(11)19-14)9-4-2-1-3-5-9/h1-8H,(H,18,19,22)/b12-6-. The monoisotopic (exact) mass is 372 g/mol. The van der Waals surface area contributed by atoms with Gasteiger partial charge in [0.25, 0.3) is 5.56 Å². The Morgan fingerprint density at radius 3 is 2.83 bits per heavy atom. The van der Waals surface area contributed by atoms with Gasteiger partial charge in [0, 0.05) is 10.3 Å². The molecule has 0 aliphatic rings. The lowest BCUT2D eigenvalue weighted by atomic mass is 10.2. The molecule has 0 saturated heterocycles. The molecule has 1 N–H and O–H groups in total. The maximum Gasteiger partial charge on any atom is 0.259 e. The first-order chi connectivity index (χ1) is 11.7. The van der Waals surface area contributed by atoms with Gasteiger partial charge in [-0.25, -0.2) is 4.98 Å². The van der Waals surface area contributed by atoms with Gasteiger partial charge in [0.1, 0.15) is 4.83 Å². The topological polar surface area (TPSA) is 71.5 Å². The van der Waals surface area contributed by atoms with E-state index >= 15 is 0 Å². The van der Waals surface area contributed by atoms with Gasteiger partial charge >= 0.3 is 0 Å². The van der Waals surface area contributed by atoms with Gasteiger partial charge in [-0.15, -0.1) is 16.4 Å². The largest absolute Gasteiger partial charge is 0.305 e. The second kappa shape index (κ2) is 6.27. The van der Waals surface area contributed by atoms with Gasteiger partial charge in [-0.1, -0.05) is 46.4 Å². The summed E-state index contributed by atoms with van der Waals surface area (Å²) in [6.07, 6.45) is 1.63. The molecular weight excluding hydrogens is 364 g/mol. The molecule has 5 nitrogen and oxygen atoms in total. The van der Waals surface area contributed by atoms with Crippen LogP contribution < -0.4 is 5.56 Å². The molecule has 0 amide bonds. The van der Waals surface area contributed by atoms with E-state index in [4.69, 9.17) is 11.6 Å². The molecule has 1 aromatic carbocycles. The smallest absolute Gasteiger partial charge is 0.259 e. The van der Waals surface area contributed by atoms with Crippen LogP contribution in [0.1, 0.15) is 11.5 Å². The van der Waals surface area contributed by atoms with Crippen LogP contribution in [0.25, 0.3) is 31.8 Å². The van der Waals surface area contributed by atoms with E-state index in [2.05, 4.69) is 19.6 Å². The van der Waals surface area contributed by atoms with Crippen molar-refractivity contribution in [1.29, 1.82) is 0 Å². The van der Waals surface area contributed by atoms with Crippen molar-refractivity contribution >= 4 is 55.8 Å². The van der Waals surface area contributed by atoms with E-state index in [0.29, 0.717) is 26.8 Å². The zero-order valence-electron chi connectivity index (χ0n) is 12.1. The van der Waals surface area contributed by atoms with Crippen LogP contribution in [0.2, 0.25) is 0 Å². The lowest BCUT2D eigenvalue weighted by molar-refractivity contribution is 1.13. The average Bonchev–Trinajstić information content (AvgIpc) is 3.25. The van der Waals surface area contributed by atoms with Gasteiger partial charge in [0.2, 0.25) is 0 Å². The van der Waals surface area contributed by atoms with Gasteiger partial charge < -0.3 is 4.98 Å². The highest BCUT2D eigenvalue weighted by molar-refractivity contribution is 7.21. The van der Waals surface area contributed by atoms with Crippen molar-refractivity contribution < 1.29 is 0 Å². The molecular formula is C16H9ClN4OS2. The van der Waals surface area contributed by atoms with Crippen molar-refractivity contribution in [1.82, 2.24) is 19.6 Å². The summed E-state index contributed by atoms with van der Waals surface area (Å²) in [6, 6.07) is 11.7. The van der Waals surface area contributed by atoms with E-state index in [1.165, 1.54) is 22.9 Å². The number of fused-ring (bicyclic) bond motifs is 1. The molecule has 0 saturated carbocycles. The number of aromatic amines is 1. The summed E-state index contributed by atoms with van der Waals surface area (Å²) in [6.45, 7) is 0. The van der Waals surface area contributed by atoms with E-state index in [-0.39, 0.29) is 5.56 Å². The molecule has 0 aliphatic carbocycles. The van der Waals surface area contributed by atoms with Crippen LogP contribution in [0.5, 0.6) is 0 Å². The van der Waals surface area contributed by atoms with Crippen molar-refractivity contribution in [3.8, 4) is 10.4 Å². The Balaban J connectivity index is 1.81. The van der Waals surface area contributed by atoms with Crippen LogP contribution in [-0.4, -0.2) is 19.6 Å². The second-order valence-corrected chi connectivity index (χ2v) is 6.98. The van der Waals surface area contributed by atoms with E-state index in [1.807, 2.05) is 36.4 Å². The Hall–Kier alpha value is -2.35. The number of benzene rings is 1. The van der Waals surface area contributed by atoms with Gasteiger partial charge in [-0.2, -0.15) is 0 Å². The number of aromatic nitrogens is 4. The molecule has 8 heteroatoms. The molecule has 0 spiro atoms. The van der Waals surface area contributed by atoms with Crippen LogP contribution >= 0.6 is 34.5 Å². The molecule has 3 heterocycles. The minimum Gasteiger partial charge on any atom is -0.305 e. The number of nitrogens with zero attached hydrogens (tertiary/aromatic N) is 3. The third-order valence-electron chi connectivity index (χ3n) is 3.34. The van der Waals surface area contributed by atoms with Crippen LogP contribution in [0, 0.1) is 0 Å². The summed E-state index contributed by atoms with van der Waals surface area (Å²) in [5, 5.41) is 6.54. The highest BCUT2D eigenvalue weighted by Crippen LogP contribution is 2.31. The Labute approximate surface area is 149 Å². The molecule has 0 atom stereocenters. The summed E-state index contributed by atoms with van der Waals surface area (Å²) in [5.41, 5.74) is 1.47. The van der Waals surface area contributed by atoms with E-state index < -0.39 is 0 Å². The van der Waals surface area contributed by atoms with E-state index in [0.717, 1.165) is 10.4 Å². The average molecular weight is 373 g/mol. The first-order valence-electron chi connectivity index (χ1n) is 6.94. The maximum atomic E-state index is 12.4. The predicted octanol–water partition coefficient (Wildman–Crippen LogP) is 4.24. The van der Waals surface area contributed by atoms with Crippen molar-refractivity contribution in [2.75, 3.05) is 0 Å². The Morgan fingerprint density at radius 1 is 1.25 bits per heavy atom. The van der Waals surface area contributed by atoms with Crippen LogP contribution in [0.15, 0.2) is 46.6 Å². The maximum absolute atomic E-state index is 12.4. The predicted molar refractivity (Wildman–Crippen MR) is 99.3 cm³/mol. The fourth-order valence-corrected chi connectivity index (χ4v) is 3.87. The first-order valence-corrected chi connectivity index (χ1v) is 8.98. The van der Waals surface area contributed by atoms with Crippen LogP contribution in [-0.2, 0) is 0 Å². The number of hydrogen-bond donors (Lipinski definition) is 1. The fourth-order valence-electron chi connectivity index (χ4n) is 2.22. The molecule has 4 rings (SSSR count). The molecule has 0 radical (unpaired) electrons. The molecule has 0 aliphatic heterocycles. The Morgan fingerprint density at radius 2 is 2.08 bits per heavy atom. The third-order valence-corrected chi connectivity index (χ3v) is 5.23. The zero-order valence-corrected chi connectivity index (χ0v) is 14.5. The van der Waals surface area contributed by atoms with E-state index in [1.54, 1.807) is 11.5 Å². The molecule has 0 bridgehead atoms. The van der Waals surface area contributed by atoms with Crippen molar-refractivity contribution in [2.24, 2.45) is 0 Å². The quantitative estimate of drug-likeness (QED) is 0.583. The summed E-state index contributed by atoms with van der Waals surface area (Å²) < 4.78 is 3.77. The summed E-state index contributed by atoms with van der Waals surface area (Å²) in [4.78, 5) is 21.2. The summed E-state index contributed by atoms with van der Waals surface area (Å²) >= 11 is 8.95. The van der Waals surface area contributed by atoms with Crippen molar-refractivity contribution in [2.45, 2.75) is 0 Å². The molecule has 3 aromatic heterocycles. The fraction of sp³-hybridized carbons (Fsp3) is 0. The SMILES string of the molecule is O=c1[nH]c(/C(Cl)=C/c2csnn2)nc2sc(-c3ccccc3)cc12. The van der Waals surface area contributed by atoms with Gasteiger partial charge in [0.15, 0.2) is 5.82 Å². The third kappa shape index (κ3) is 2.89. The molecule has 0 unspecified atom stereocenters. The van der Waals surface area contributed by atoms with Crippen molar-refractivity contribution in [3.05, 3.63) is 63.7 Å². The second-order valence-electron chi connectivity index (χ2n) is 4.93. The highest BCUT2D eigenvalue weighted by Gasteiger charge is 2.12. The number of halogens is 1. The normalized spacial score (nSPS) is 12.0. The molecule has 4 aromatic rings. The Kier molecular flexibility index (Phi) is 3.97. The summed E-state index contributed by atoms with van der Waals surface area (Å²) in [5.74, 6) is 0.323. The minimum atomic E-state index is -0.212. The molecule has 118 valence electrons. The zero-order chi connectivity index (χ0) is 16.5. The highest BCUT2D eigenvalue weighted by atomic mass is 35.5.